The first kappa shape index (κ1) is 11.1. The molecule has 0 saturated heterocycles. The van der Waals surface area contributed by atoms with E-state index >= 15 is 0 Å². The first-order valence-corrected chi connectivity index (χ1v) is 5.03. The number of nitrogens with two attached hydrogens (primary N) is 1. The Balaban J connectivity index is 2.76. The van der Waals surface area contributed by atoms with Gasteiger partial charge in [-0.15, -0.1) is 0 Å². The molecule has 2 heteroatoms. The molecule has 14 heavy (non-hydrogen) atoms. The van der Waals surface area contributed by atoms with Gasteiger partial charge in [-0.2, -0.15) is 0 Å². The highest BCUT2D eigenvalue weighted by atomic mass is 16.5. The van der Waals surface area contributed by atoms with Gasteiger partial charge in [-0.3, -0.25) is 0 Å². The lowest BCUT2D eigenvalue weighted by Gasteiger charge is -2.11. The molecule has 0 heterocycles. The normalized spacial score (nSPS) is 12.6. The molecule has 0 unspecified atom stereocenters. The molecule has 1 aromatic rings. The predicted octanol–water partition coefficient (Wildman–Crippen LogP) is 2.28. The molecule has 1 atom stereocenters. The van der Waals surface area contributed by atoms with Crippen LogP contribution in [0.1, 0.15) is 24.5 Å². The number of hydrogen-bond acceptors (Lipinski definition) is 2. The van der Waals surface area contributed by atoms with E-state index in [9.17, 15) is 0 Å². The van der Waals surface area contributed by atoms with Gasteiger partial charge in [0.2, 0.25) is 0 Å². The quantitative estimate of drug-likeness (QED) is 0.796. The molecule has 0 spiro atoms. The molecular formula is C12H19NO. The Morgan fingerprint density at radius 1 is 1.43 bits per heavy atom. The molecule has 0 aliphatic rings. The summed E-state index contributed by atoms with van der Waals surface area (Å²) in [5, 5.41) is 0. The molecule has 0 fully saturated rings. The van der Waals surface area contributed by atoms with Crippen LogP contribution < -0.4 is 10.5 Å². The molecule has 0 aromatic heterocycles. The summed E-state index contributed by atoms with van der Waals surface area (Å²) < 4.78 is 5.26. The number of rotatable bonds is 4. The van der Waals surface area contributed by atoms with Gasteiger partial charge in [0, 0.05) is 6.04 Å². The monoisotopic (exact) mass is 193 g/mol. The fourth-order valence-corrected chi connectivity index (χ4v) is 1.54. The van der Waals surface area contributed by atoms with E-state index in [-0.39, 0.29) is 6.04 Å². The summed E-state index contributed by atoms with van der Waals surface area (Å²) in [7, 11) is 1.71. The lowest BCUT2D eigenvalue weighted by molar-refractivity contribution is 0.411. The summed E-state index contributed by atoms with van der Waals surface area (Å²) >= 11 is 0. The van der Waals surface area contributed by atoms with Crippen LogP contribution in [0.2, 0.25) is 0 Å². The lowest BCUT2D eigenvalue weighted by atomic mass is 10.0. The number of benzene rings is 1. The van der Waals surface area contributed by atoms with Crippen LogP contribution in [0.3, 0.4) is 0 Å². The Morgan fingerprint density at radius 2 is 2.14 bits per heavy atom. The van der Waals surface area contributed by atoms with E-state index < -0.39 is 0 Å². The molecule has 1 aromatic carbocycles. The van der Waals surface area contributed by atoms with Crippen molar-refractivity contribution in [2.24, 2.45) is 5.73 Å². The third kappa shape index (κ3) is 2.74. The average molecular weight is 193 g/mol. The fraction of sp³-hybridized carbons (Fsp3) is 0.500. The number of ether oxygens (including phenoxy) is 1. The van der Waals surface area contributed by atoms with Crippen LogP contribution in [0, 0.1) is 6.92 Å². The molecule has 0 saturated carbocycles. The van der Waals surface area contributed by atoms with Gasteiger partial charge in [-0.1, -0.05) is 12.1 Å². The smallest absolute Gasteiger partial charge is 0.122 e. The van der Waals surface area contributed by atoms with Crippen LogP contribution in [0.15, 0.2) is 18.2 Å². The van der Waals surface area contributed by atoms with Crippen molar-refractivity contribution in [2.75, 3.05) is 7.11 Å². The van der Waals surface area contributed by atoms with Crippen LogP contribution in [-0.2, 0) is 6.42 Å². The second kappa shape index (κ2) is 5.01. The maximum absolute atomic E-state index is 5.73. The lowest BCUT2D eigenvalue weighted by Crippen LogP contribution is -2.15. The SMILES string of the molecule is COc1cccc(CC[C@H](C)N)c1C. The standard InChI is InChI=1S/C12H19NO/c1-9(13)7-8-11-5-4-6-12(14-3)10(11)2/h4-6,9H,7-8,13H2,1-3H3/t9-/m0/s1. The van der Waals surface area contributed by atoms with Crippen LogP contribution >= 0.6 is 0 Å². The zero-order chi connectivity index (χ0) is 10.6. The van der Waals surface area contributed by atoms with Crippen molar-refractivity contribution >= 4 is 0 Å². The Morgan fingerprint density at radius 3 is 2.71 bits per heavy atom. The molecular weight excluding hydrogens is 174 g/mol. The van der Waals surface area contributed by atoms with E-state index in [1.807, 2.05) is 19.1 Å². The van der Waals surface area contributed by atoms with E-state index in [2.05, 4.69) is 13.0 Å². The fourth-order valence-electron chi connectivity index (χ4n) is 1.54. The van der Waals surface area contributed by atoms with Crippen LogP contribution in [0.5, 0.6) is 5.75 Å². The van der Waals surface area contributed by atoms with Crippen molar-refractivity contribution in [1.29, 1.82) is 0 Å². The highest BCUT2D eigenvalue weighted by molar-refractivity contribution is 5.39. The van der Waals surface area contributed by atoms with Gasteiger partial charge in [0.15, 0.2) is 0 Å². The Bertz CT molecular complexity index is 294. The molecule has 2 nitrogen and oxygen atoms in total. The van der Waals surface area contributed by atoms with Crippen molar-refractivity contribution in [3.63, 3.8) is 0 Å². The minimum atomic E-state index is 0.264. The van der Waals surface area contributed by atoms with Crippen molar-refractivity contribution < 1.29 is 4.74 Å². The molecule has 78 valence electrons. The topological polar surface area (TPSA) is 35.2 Å². The van der Waals surface area contributed by atoms with E-state index in [0.29, 0.717) is 0 Å². The van der Waals surface area contributed by atoms with Crippen LogP contribution in [0.4, 0.5) is 0 Å². The average Bonchev–Trinajstić information content (AvgIpc) is 2.16. The van der Waals surface area contributed by atoms with Gasteiger partial charge >= 0.3 is 0 Å². The predicted molar refractivity (Wildman–Crippen MR) is 59.7 cm³/mol. The molecule has 0 aliphatic carbocycles. The first-order valence-electron chi connectivity index (χ1n) is 5.03. The Kier molecular flexibility index (Phi) is 3.96. The third-order valence-electron chi connectivity index (χ3n) is 2.49. The number of hydrogen-bond donors (Lipinski definition) is 1. The molecule has 2 N–H and O–H groups in total. The van der Waals surface area contributed by atoms with Crippen molar-refractivity contribution in [3.8, 4) is 5.75 Å². The summed E-state index contributed by atoms with van der Waals surface area (Å²) in [6.45, 7) is 4.13. The van der Waals surface area contributed by atoms with E-state index in [4.69, 9.17) is 10.5 Å². The largest absolute Gasteiger partial charge is 0.496 e. The van der Waals surface area contributed by atoms with Gasteiger partial charge in [-0.25, -0.2) is 0 Å². The Hall–Kier alpha value is -1.02. The van der Waals surface area contributed by atoms with Gasteiger partial charge in [0.1, 0.15) is 5.75 Å². The van der Waals surface area contributed by atoms with Gasteiger partial charge < -0.3 is 10.5 Å². The zero-order valence-electron chi connectivity index (χ0n) is 9.21. The second-order valence-electron chi connectivity index (χ2n) is 3.76. The summed E-state index contributed by atoms with van der Waals surface area (Å²) in [4.78, 5) is 0. The van der Waals surface area contributed by atoms with Crippen molar-refractivity contribution in [3.05, 3.63) is 29.3 Å². The van der Waals surface area contributed by atoms with Gasteiger partial charge in [0.05, 0.1) is 7.11 Å². The Labute approximate surface area is 86.1 Å². The summed E-state index contributed by atoms with van der Waals surface area (Å²) in [5.74, 6) is 0.965. The number of methoxy groups -OCH3 is 1. The summed E-state index contributed by atoms with van der Waals surface area (Å²) in [6.07, 6.45) is 2.05. The second-order valence-corrected chi connectivity index (χ2v) is 3.76. The van der Waals surface area contributed by atoms with E-state index in [0.717, 1.165) is 18.6 Å². The molecule has 0 bridgehead atoms. The van der Waals surface area contributed by atoms with Crippen LogP contribution in [0.25, 0.3) is 0 Å². The highest BCUT2D eigenvalue weighted by Gasteiger charge is 2.04. The third-order valence-corrected chi connectivity index (χ3v) is 2.49. The minimum absolute atomic E-state index is 0.264. The van der Waals surface area contributed by atoms with Gasteiger partial charge in [0.25, 0.3) is 0 Å². The van der Waals surface area contributed by atoms with Gasteiger partial charge in [-0.05, 0) is 43.9 Å². The van der Waals surface area contributed by atoms with E-state index in [1.165, 1.54) is 11.1 Å². The van der Waals surface area contributed by atoms with Crippen molar-refractivity contribution in [2.45, 2.75) is 32.7 Å². The minimum Gasteiger partial charge on any atom is -0.496 e. The molecule has 0 aliphatic heterocycles. The maximum Gasteiger partial charge on any atom is 0.122 e. The molecule has 0 amide bonds. The number of aryl methyl sites for hydroxylation is 1. The van der Waals surface area contributed by atoms with Crippen molar-refractivity contribution in [1.82, 2.24) is 0 Å². The molecule has 1 rings (SSSR count). The zero-order valence-corrected chi connectivity index (χ0v) is 9.21. The summed E-state index contributed by atoms with van der Waals surface area (Å²) in [6, 6.07) is 6.42. The van der Waals surface area contributed by atoms with Crippen LogP contribution in [-0.4, -0.2) is 13.2 Å². The summed E-state index contributed by atoms with van der Waals surface area (Å²) in [5.41, 5.74) is 8.30. The maximum atomic E-state index is 5.73. The van der Waals surface area contributed by atoms with E-state index in [1.54, 1.807) is 7.11 Å². The molecule has 0 radical (unpaired) electrons. The first-order chi connectivity index (χ1) is 6.65. The highest BCUT2D eigenvalue weighted by Crippen LogP contribution is 2.21.